The Bertz CT molecular complexity index is 1050. The van der Waals surface area contributed by atoms with Crippen LogP contribution in [0.3, 0.4) is 0 Å². The average Bonchev–Trinajstić information content (AvgIpc) is 3.16. The Morgan fingerprint density at radius 3 is 2.15 bits per heavy atom. The van der Waals surface area contributed by atoms with Crippen molar-refractivity contribution >= 4 is 35.0 Å². The van der Waals surface area contributed by atoms with Gasteiger partial charge in [0.05, 0.1) is 19.8 Å². The molecular weight excluding hydrogens is 570 g/mol. The summed E-state index contributed by atoms with van der Waals surface area (Å²) in [4.78, 5) is 49.0. The Kier molecular flexibility index (Phi) is 11.0. The van der Waals surface area contributed by atoms with Crippen molar-refractivity contribution in [3.8, 4) is 6.07 Å². The number of nitriles is 1. The van der Waals surface area contributed by atoms with Gasteiger partial charge in [-0.2, -0.15) is 5.26 Å². The van der Waals surface area contributed by atoms with Crippen molar-refractivity contribution in [3.63, 3.8) is 0 Å². The van der Waals surface area contributed by atoms with E-state index in [-0.39, 0.29) is 35.2 Å². The van der Waals surface area contributed by atoms with Crippen LogP contribution in [0, 0.1) is 11.3 Å². The van der Waals surface area contributed by atoms with E-state index in [1.54, 1.807) is 0 Å². The van der Waals surface area contributed by atoms with E-state index in [9.17, 15) is 29.5 Å². The van der Waals surface area contributed by atoms with Crippen LogP contribution in [0.5, 0.6) is 0 Å². The molecule has 0 saturated carbocycles. The molecule has 4 atom stereocenters. The number of hydrogen-bond acceptors (Lipinski definition) is 12. The van der Waals surface area contributed by atoms with Crippen molar-refractivity contribution in [2.24, 2.45) is 0 Å². The number of nitrogens with one attached hydrogen (secondary N) is 1. The smallest absolute Gasteiger partial charge is 0.418 e. The molecule has 0 aromatic heterocycles. The first-order valence-electron chi connectivity index (χ1n) is 13.8. The number of esters is 2. The highest BCUT2D eigenvalue weighted by Crippen LogP contribution is 2.47. The number of hydrogen-bond donors (Lipinski definition) is 3. The third kappa shape index (κ3) is 6.53. The normalized spacial score (nSPS) is 27.0. The molecule has 15 heteroatoms. The molecule has 0 bridgehead atoms. The van der Waals surface area contributed by atoms with Crippen LogP contribution < -0.4 is 5.32 Å². The van der Waals surface area contributed by atoms with Crippen LogP contribution >= 0.6 is 0 Å². The summed E-state index contributed by atoms with van der Waals surface area (Å²) in [7, 11) is -5.41. The third-order valence-corrected chi connectivity index (χ3v) is 17.6. The molecule has 0 aliphatic carbocycles. The SMILES string of the molecule is COC(=O)C(=O)O[C@]1(C)C[C@@H](CO[Si](O[Si](O)(C(C)C)C(C)C)(C(C)C)C(C)C)O[C@@]1(C#N)N1C=CC(=O)NC1O. The first kappa shape index (κ1) is 34.9. The maximum absolute atomic E-state index is 12.5. The number of rotatable bonds is 11. The minimum Gasteiger partial charge on any atom is -0.461 e. The largest absolute Gasteiger partial charge is 0.461 e. The van der Waals surface area contributed by atoms with Crippen molar-refractivity contribution in [1.82, 2.24) is 10.2 Å². The number of carbonyl (C=O) groups excluding carboxylic acids is 3. The second-order valence-corrected chi connectivity index (χ2v) is 20.6. The van der Waals surface area contributed by atoms with Gasteiger partial charge in [0.1, 0.15) is 6.07 Å². The van der Waals surface area contributed by atoms with Gasteiger partial charge in [0.25, 0.3) is 5.72 Å². The van der Waals surface area contributed by atoms with E-state index in [2.05, 4.69) is 10.1 Å². The number of aliphatic hydroxyl groups is 1. The molecule has 1 saturated heterocycles. The highest BCUT2D eigenvalue weighted by atomic mass is 28.5. The molecule has 3 N–H and O–H groups in total. The molecule has 0 aromatic carbocycles. The first-order chi connectivity index (χ1) is 18.9. The minimum absolute atomic E-state index is 0.0771. The van der Waals surface area contributed by atoms with Crippen LogP contribution in [-0.4, -0.2) is 87.3 Å². The predicted octanol–water partition coefficient (Wildman–Crippen LogP) is 2.24. The highest BCUT2D eigenvalue weighted by Gasteiger charge is 2.66. The zero-order chi connectivity index (χ0) is 31.6. The van der Waals surface area contributed by atoms with Gasteiger partial charge in [-0.3, -0.25) is 9.69 Å². The molecule has 2 aliphatic rings. The minimum atomic E-state index is -3.25. The van der Waals surface area contributed by atoms with Crippen molar-refractivity contribution in [2.45, 2.75) is 115 Å². The number of methoxy groups -OCH3 is 1. The second-order valence-electron chi connectivity index (χ2n) is 11.9. The Morgan fingerprint density at radius 1 is 1.15 bits per heavy atom. The molecule has 0 aromatic rings. The van der Waals surface area contributed by atoms with Crippen molar-refractivity contribution in [1.29, 1.82) is 5.26 Å². The number of nitrogens with zero attached hydrogens (tertiary/aromatic N) is 2. The van der Waals surface area contributed by atoms with Gasteiger partial charge in [-0.05, 0) is 29.1 Å². The number of ether oxygens (including phenoxy) is 3. The van der Waals surface area contributed by atoms with Gasteiger partial charge in [0.15, 0.2) is 5.60 Å². The molecule has 13 nitrogen and oxygen atoms in total. The zero-order valence-electron chi connectivity index (χ0n) is 25.6. The van der Waals surface area contributed by atoms with Crippen LogP contribution in [0.15, 0.2) is 12.3 Å². The van der Waals surface area contributed by atoms with Gasteiger partial charge >= 0.3 is 29.1 Å². The van der Waals surface area contributed by atoms with Crippen LogP contribution in [0.1, 0.15) is 68.7 Å². The first-order valence-corrected chi connectivity index (χ1v) is 17.8. The Labute approximate surface area is 244 Å². The quantitative estimate of drug-likeness (QED) is 0.176. The van der Waals surface area contributed by atoms with Crippen molar-refractivity contribution < 1.29 is 47.0 Å². The molecule has 2 rings (SSSR count). The molecule has 2 heterocycles. The lowest BCUT2D eigenvalue weighted by Crippen LogP contribution is -2.66. The fraction of sp³-hybridized carbons (Fsp3) is 0.769. The van der Waals surface area contributed by atoms with Gasteiger partial charge in [-0.1, -0.05) is 55.4 Å². The van der Waals surface area contributed by atoms with Gasteiger partial charge < -0.3 is 38.0 Å². The lowest BCUT2D eigenvalue weighted by molar-refractivity contribution is -0.225. The lowest BCUT2D eigenvalue weighted by Gasteiger charge is -2.46. The maximum Gasteiger partial charge on any atom is 0.418 e. The van der Waals surface area contributed by atoms with Crippen LogP contribution in [0.2, 0.25) is 22.2 Å². The Balaban J connectivity index is 2.52. The maximum atomic E-state index is 12.5. The monoisotopic (exact) mass is 615 g/mol. The lowest BCUT2D eigenvalue weighted by atomic mass is 9.89. The molecule has 2 aliphatic heterocycles. The summed E-state index contributed by atoms with van der Waals surface area (Å²) < 4.78 is 29.6. The van der Waals surface area contributed by atoms with Gasteiger partial charge in [0.2, 0.25) is 12.3 Å². The van der Waals surface area contributed by atoms with Gasteiger partial charge in [0, 0.05) is 18.7 Å². The molecule has 41 heavy (non-hydrogen) atoms. The van der Waals surface area contributed by atoms with Crippen molar-refractivity contribution in [3.05, 3.63) is 12.3 Å². The van der Waals surface area contributed by atoms with Crippen molar-refractivity contribution in [2.75, 3.05) is 13.7 Å². The van der Waals surface area contributed by atoms with E-state index >= 15 is 0 Å². The summed E-state index contributed by atoms with van der Waals surface area (Å²) in [6.45, 7) is 17.0. The number of carbonyl (C=O) groups is 3. The molecule has 0 spiro atoms. The van der Waals surface area contributed by atoms with E-state index < -0.39 is 58.7 Å². The third-order valence-electron chi connectivity index (χ3n) is 7.86. The van der Waals surface area contributed by atoms with Gasteiger partial charge in [-0.15, -0.1) is 0 Å². The van der Waals surface area contributed by atoms with Crippen LogP contribution in [-0.2, 0) is 37.1 Å². The molecule has 0 radical (unpaired) electrons. The standard InChI is InChI=1S/C26H45N3O10Si2/c1-16(2)40(34,17(3)4)39-41(18(5)6,19(7)8)36-14-20-13-25(9,38-23(32)22(31)35-10)26(15-27,37-20)29-12-11-21(30)28-24(29)33/h11-12,16-20,24,33-34H,13-14H2,1-10H3,(H,28,30)/t20-,24?,25+,26+/m0/s1. The second kappa shape index (κ2) is 12.9. The van der Waals surface area contributed by atoms with E-state index in [1.807, 2.05) is 61.5 Å². The topological polar surface area (TPSA) is 177 Å². The predicted molar refractivity (Wildman–Crippen MR) is 151 cm³/mol. The summed E-state index contributed by atoms with van der Waals surface area (Å²) in [5, 5.41) is 23.3. The van der Waals surface area contributed by atoms with E-state index in [0.29, 0.717) is 0 Å². The summed E-state index contributed by atoms with van der Waals surface area (Å²) in [6.07, 6.45) is -0.478. The van der Waals surface area contributed by atoms with E-state index in [1.165, 1.54) is 6.92 Å². The van der Waals surface area contributed by atoms with Crippen LogP contribution in [0.4, 0.5) is 0 Å². The van der Waals surface area contributed by atoms with Crippen LogP contribution in [0.25, 0.3) is 0 Å². The van der Waals surface area contributed by atoms with E-state index in [0.717, 1.165) is 24.3 Å². The zero-order valence-corrected chi connectivity index (χ0v) is 27.6. The fourth-order valence-electron chi connectivity index (χ4n) is 5.45. The summed E-state index contributed by atoms with van der Waals surface area (Å²) in [5.74, 6) is -3.26. The van der Waals surface area contributed by atoms with Gasteiger partial charge in [-0.25, -0.2) is 9.59 Å². The molecule has 232 valence electrons. The summed E-state index contributed by atoms with van der Waals surface area (Å²) >= 11 is 0. The summed E-state index contributed by atoms with van der Waals surface area (Å²) in [6, 6.07) is 1.99. The Hall–Kier alpha value is -2.33. The molecule has 1 unspecified atom stereocenters. The fourth-order valence-corrected chi connectivity index (χ4v) is 15.3. The molecule has 1 amide bonds. The molecular formula is C26H45N3O10Si2. The average molecular weight is 616 g/mol. The number of amides is 1. The molecule has 1 fully saturated rings. The van der Waals surface area contributed by atoms with E-state index in [4.69, 9.17) is 18.0 Å². The Morgan fingerprint density at radius 2 is 1.71 bits per heavy atom. The number of aliphatic hydroxyl groups excluding tert-OH is 1. The highest BCUT2D eigenvalue weighted by molar-refractivity contribution is 6.83. The summed E-state index contributed by atoms with van der Waals surface area (Å²) in [5.41, 5.74) is -4.37.